The third kappa shape index (κ3) is 5.42. The Labute approximate surface area is 173 Å². The van der Waals surface area contributed by atoms with Gasteiger partial charge in [-0.25, -0.2) is 9.97 Å². The van der Waals surface area contributed by atoms with Crippen LogP contribution in [0.1, 0.15) is 29.5 Å². The fraction of sp³-hybridized carbons (Fsp3) is 0.360. The first-order valence-electron chi connectivity index (χ1n) is 10.5. The second-order valence-electron chi connectivity index (χ2n) is 8.12. The smallest absolute Gasteiger partial charge is 0.159 e. The largest absolute Gasteiger partial charge is 0.490 e. The van der Waals surface area contributed by atoms with E-state index < -0.39 is 0 Å². The average molecular weight is 388 g/mol. The van der Waals surface area contributed by atoms with Gasteiger partial charge in [-0.3, -0.25) is 4.90 Å². The molecule has 1 aliphatic heterocycles. The molecule has 4 heteroatoms. The summed E-state index contributed by atoms with van der Waals surface area (Å²) in [5.74, 6) is 2.09. The zero-order valence-electron chi connectivity index (χ0n) is 17.3. The molecule has 4 rings (SSSR count). The van der Waals surface area contributed by atoms with Crippen LogP contribution in [0.4, 0.5) is 0 Å². The Morgan fingerprint density at radius 1 is 0.862 bits per heavy atom. The predicted molar refractivity (Wildman–Crippen MR) is 117 cm³/mol. The molecule has 0 amide bonds. The molecule has 0 unspecified atom stereocenters. The summed E-state index contributed by atoms with van der Waals surface area (Å²) in [7, 11) is 0. The van der Waals surface area contributed by atoms with Crippen molar-refractivity contribution >= 4 is 0 Å². The van der Waals surface area contributed by atoms with Crippen LogP contribution >= 0.6 is 0 Å². The monoisotopic (exact) mass is 387 g/mol. The van der Waals surface area contributed by atoms with Gasteiger partial charge >= 0.3 is 0 Å². The van der Waals surface area contributed by atoms with Gasteiger partial charge in [0.25, 0.3) is 0 Å². The molecule has 150 valence electrons. The maximum Gasteiger partial charge on any atom is 0.159 e. The number of likely N-dealkylation sites (tertiary alicyclic amines) is 1. The second-order valence-corrected chi connectivity index (χ2v) is 8.12. The van der Waals surface area contributed by atoms with Crippen molar-refractivity contribution in [3.63, 3.8) is 0 Å². The van der Waals surface area contributed by atoms with Gasteiger partial charge in [0, 0.05) is 12.1 Å². The minimum absolute atomic E-state index is 0.598. The fourth-order valence-electron chi connectivity index (χ4n) is 3.72. The molecule has 4 nitrogen and oxygen atoms in total. The van der Waals surface area contributed by atoms with E-state index in [4.69, 9.17) is 4.74 Å². The maximum atomic E-state index is 5.98. The number of hydrogen-bond donors (Lipinski definition) is 0. The SMILES string of the molecule is Cc1ccc(CN2CCC(COc3cnc(-c4ccc(C)cc4)nc3)CC2)cc1. The second kappa shape index (κ2) is 9.19. The van der Waals surface area contributed by atoms with Crippen molar-refractivity contribution in [1.82, 2.24) is 14.9 Å². The number of ether oxygens (including phenoxy) is 1. The Morgan fingerprint density at radius 3 is 2.07 bits per heavy atom. The van der Waals surface area contributed by atoms with Crippen LogP contribution in [0.3, 0.4) is 0 Å². The van der Waals surface area contributed by atoms with Crippen molar-refractivity contribution in [2.45, 2.75) is 33.2 Å². The lowest BCUT2D eigenvalue weighted by molar-refractivity contribution is 0.136. The van der Waals surface area contributed by atoms with Crippen molar-refractivity contribution in [3.8, 4) is 17.1 Å². The van der Waals surface area contributed by atoms with Crippen molar-refractivity contribution in [1.29, 1.82) is 0 Å². The summed E-state index contributed by atoms with van der Waals surface area (Å²) in [6.45, 7) is 8.26. The molecule has 2 aromatic carbocycles. The standard InChI is InChI=1S/C25H29N3O/c1-19-3-7-21(8-4-19)17-28-13-11-22(12-14-28)18-29-24-15-26-25(27-16-24)23-9-5-20(2)6-10-23/h3-10,15-16,22H,11-14,17-18H2,1-2H3. The Kier molecular flexibility index (Phi) is 6.20. The molecule has 1 aromatic heterocycles. The lowest BCUT2D eigenvalue weighted by Gasteiger charge is -2.31. The number of nitrogens with zero attached hydrogens (tertiary/aromatic N) is 3. The van der Waals surface area contributed by atoms with Crippen LogP contribution in [0, 0.1) is 19.8 Å². The van der Waals surface area contributed by atoms with E-state index >= 15 is 0 Å². The maximum absolute atomic E-state index is 5.98. The van der Waals surface area contributed by atoms with E-state index in [-0.39, 0.29) is 0 Å². The van der Waals surface area contributed by atoms with Crippen molar-refractivity contribution in [2.75, 3.05) is 19.7 Å². The first-order valence-corrected chi connectivity index (χ1v) is 10.5. The number of aromatic nitrogens is 2. The van der Waals surface area contributed by atoms with E-state index in [0.29, 0.717) is 5.92 Å². The van der Waals surface area contributed by atoms with Crippen LogP contribution in [0.25, 0.3) is 11.4 Å². The quantitative estimate of drug-likeness (QED) is 0.593. The Bertz CT molecular complexity index is 896. The van der Waals surface area contributed by atoms with Crippen LogP contribution in [0.15, 0.2) is 60.9 Å². The van der Waals surface area contributed by atoms with Crippen LogP contribution in [0.5, 0.6) is 5.75 Å². The lowest BCUT2D eigenvalue weighted by Crippen LogP contribution is -2.35. The third-order valence-electron chi connectivity index (χ3n) is 5.66. The first kappa shape index (κ1) is 19.6. The minimum Gasteiger partial charge on any atom is -0.490 e. The number of piperidine rings is 1. The minimum atomic E-state index is 0.598. The van der Waals surface area contributed by atoms with E-state index in [1.807, 2.05) is 0 Å². The Hall–Kier alpha value is -2.72. The summed E-state index contributed by atoms with van der Waals surface area (Å²) >= 11 is 0. The topological polar surface area (TPSA) is 38.2 Å². The van der Waals surface area contributed by atoms with Gasteiger partial charge in [-0.15, -0.1) is 0 Å². The van der Waals surface area contributed by atoms with Crippen LogP contribution < -0.4 is 4.74 Å². The van der Waals surface area contributed by atoms with Gasteiger partial charge in [-0.05, 0) is 51.3 Å². The number of rotatable bonds is 6. The molecule has 0 saturated carbocycles. The summed E-state index contributed by atoms with van der Waals surface area (Å²) in [4.78, 5) is 11.5. The molecular weight excluding hydrogens is 358 g/mol. The van der Waals surface area contributed by atoms with Crippen molar-refractivity contribution in [2.24, 2.45) is 5.92 Å². The third-order valence-corrected chi connectivity index (χ3v) is 5.66. The predicted octanol–water partition coefficient (Wildman–Crippen LogP) is 5.05. The highest BCUT2D eigenvalue weighted by atomic mass is 16.5. The van der Waals surface area contributed by atoms with Gasteiger partial charge in [0.2, 0.25) is 0 Å². The summed E-state index contributed by atoms with van der Waals surface area (Å²) < 4.78 is 5.98. The zero-order valence-corrected chi connectivity index (χ0v) is 17.3. The highest BCUT2D eigenvalue weighted by Crippen LogP contribution is 2.22. The highest BCUT2D eigenvalue weighted by molar-refractivity contribution is 5.55. The summed E-state index contributed by atoms with van der Waals surface area (Å²) in [6.07, 6.45) is 5.92. The molecule has 0 aliphatic carbocycles. The van der Waals surface area contributed by atoms with Crippen LogP contribution in [0.2, 0.25) is 0 Å². The highest BCUT2D eigenvalue weighted by Gasteiger charge is 2.20. The Morgan fingerprint density at radius 2 is 1.45 bits per heavy atom. The van der Waals surface area contributed by atoms with Gasteiger partial charge in [0.1, 0.15) is 0 Å². The van der Waals surface area contributed by atoms with Gasteiger partial charge in [-0.1, -0.05) is 59.7 Å². The average Bonchev–Trinajstić information content (AvgIpc) is 2.76. The molecule has 29 heavy (non-hydrogen) atoms. The molecule has 0 spiro atoms. The molecular formula is C25H29N3O. The van der Waals surface area contributed by atoms with Crippen molar-refractivity contribution in [3.05, 3.63) is 77.6 Å². The van der Waals surface area contributed by atoms with Gasteiger partial charge in [-0.2, -0.15) is 0 Å². The van der Waals surface area contributed by atoms with Gasteiger partial charge in [0.15, 0.2) is 11.6 Å². The molecule has 3 aromatic rings. The molecule has 0 radical (unpaired) electrons. The number of benzene rings is 2. The summed E-state index contributed by atoms with van der Waals surface area (Å²) in [5, 5.41) is 0. The van der Waals surface area contributed by atoms with Gasteiger partial charge < -0.3 is 4.74 Å². The van der Waals surface area contributed by atoms with E-state index in [0.717, 1.165) is 43.4 Å². The molecule has 1 saturated heterocycles. The molecule has 0 N–H and O–H groups in total. The van der Waals surface area contributed by atoms with E-state index in [1.165, 1.54) is 29.5 Å². The molecule has 1 fully saturated rings. The first-order chi connectivity index (χ1) is 14.2. The van der Waals surface area contributed by atoms with E-state index in [9.17, 15) is 0 Å². The van der Waals surface area contributed by atoms with Crippen molar-refractivity contribution < 1.29 is 4.74 Å². The normalized spacial score (nSPS) is 15.4. The molecule has 0 bridgehead atoms. The summed E-state index contributed by atoms with van der Waals surface area (Å²) in [5.41, 5.74) is 4.98. The lowest BCUT2D eigenvalue weighted by atomic mass is 9.97. The Balaban J connectivity index is 1.23. The summed E-state index contributed by atoms with van der Waals surface area (Å²) in [6, 6.07) is 17.1. The van der Waals surface area contributed by atoms with Crippen LogP contribution in [-0.2, 0) is 6.54 Å². The molecule has 2 heterocycles. The number of aryl methyl sites for hydroxylation is 2. The fourth-order valence-corrected chi connectivity index (χ4v) is 3.72. The molecule has 0 atom stereocenters. The van der Waals surface area contributed by atoms with Crippen LogP contribution in [-0.4, -0.2) is 34.6 Å². The van der Waals surface area contributed by atoms with Gasteiger partial charge in [0.05, 0.1) is 19.0 Å². The molecule has 1 aliphatic rings. The zero-order chi connectivity index (χ0) is 20.1. The van der Waals surface area contributed by atoms with E-state index in [2.05, 4.69) is 77.2 Å². The number of hydrogen-bond acceptors (Lipinski definition) is 4. The van der Waals surface area contributed by atoms with E-state index in [1.54, 1.807) is 12.4 Å².